The van der Waals surface area contributed by atoms with Crippen LogP contribution in [0.1, 0.15) is 54.4 Å². The maximum Gasteiger partial charge on any atom is 0.0634 e. The van der Waals surface area contributed by atoms with Crippen molar-refractivity contribution in [2.24, 2.45) is 5.41 Å². The van der Waals surface area contributed by atoms with Gasteiger partial charge in [0.25, 0.3) is 0 Å². The van der Waals surface area contributed by atoms with E-state index in [0.717, 1.165) is 12.8 Å². The Hall–Kier alpha value is -1.34. The molecule has 0 fully saturated rings. The molecule has 0 bridgehead atoms. The molecule has 0 aromatic carbocycles. The number of rotatable bonds is 4. The van der Waals surface area contributed by atoms with Crippen LogP contribution in [0.3, 0.4) is 0 Å². The van der Waals surface area contributed by atoms with Crippen molar-refractivity contribution >= 4 is 0 Å². The molecule has 1 nitrogen and oxygen atoms in total. The molecule has 0 aliphatic heterocycles. The summed E-state index contributed by atoms with van der Waals surface area (Å²) < 4.78 is 0. The van der Waals surface area contributed by atoms with Crippen LogP contribution in [0.25, 0.3) is 0 Å². The van der Waals surface area contributed by atoms with Crippen LogP contribution in [0, 0.1) is 5.41 Å². The Bertz CT molecular complexity index is 510. The monoisotopic (exact) mass is 286 g/mol. The highest BCUT2D eigenvalue weighted by Crippen LogP contribution is 2.41. The Morgan fingerprint density at radius 2 is 1.86 bits per heavy atom. The second-order valence-electron chi connectivity index (χ2n) is 6.61. The Morgan fingerprint density at radius 1 is 1.19 bits per heavy atom. The van der Waals surface area contributed by atoms with Crippen molar-refractivity contribution < 1.29 is 5.11 Å². The van der Waals surface area contributed by atoms with Gasteiger partial charge in [-0.2, -0.15) is 0 Å². The fourth-order valence-electron chi connectivity index (χ4n) is 2.65. The highest BCUT2D eigenvalue weighted by Gasteiger charge is 2.34. The number of allylic oxidation sites excluding steroid dienone is 9. The van der Waals surface area contributed by atoms with Crippen LogP contribution < -0.4 is 0 Å². The molecular formula is C20H30O. The van der Waals surface area contributed by atoms with Crippen molar-refractivity contribution in [2.45, 2.75) is 60.5 Å². The normalized spacial score (nSPS) is 24.4. The maximum absolute atomic E-state index is 10.2. The molecule has 0 aromatic heterocycles. The molecule has 1 aliphatic rings. The number of hydrogen-bond donors (Lipinski definition) is 1. The molecule has 1 heteroatoms. The van der Waals surface area contributed by atoms with E-state index in [-0.39, 0.29) is 11.5 Å². The molecule has 1 unspecified atom stereocenters. The van der Waals surface area contributed by atoms with Gasteiger partial charge in [0.15, 0.2) is 0 Å². The summed E-state index contributed by atoms with van der Waals surface area (Å²) in [7, 11) is 0. The first-order valence-electron chi connectivity index (χ1n) is 7.83. The van der Waals surface area contributed by atoms with E-state index < -0.39 is 0 Å². The summed E-state index contributed by atoms with van der Waals surface area (Å²) in [6.07, 6.45) is 14.3. The Balaban J connectivity index is 2.88. The van der Waals surface area contributed by atoms with E-state index in [2.05, 4.69) is 71.1 Å². The zero-order valence-corrected chi connectivity index (χ0v) is 14.4. The standard InChI is InChI=1S/C20H30O/c1-7-15(2)9-8-10-16(3)11-13-18-17(4)12-14-19(21)20(18,5)6/h7-11,13,19,21H,12,14H2,1-6H3. The second kappa shape index (κ2) is 7.61. The second-order valence-corrected chi connectivity index (χ2v) is 6.61. The lowest BCUT2D eigenvalue weighted by atomic mass is 9.70. The molecule has 0 spiro atoms. The van der Waals surface area contributed by atoms with Crippen molar-refractivity contribution in [3.05, 3.63) is 58.7 Å². The summed E-state index contributed by atoms with van der Waals surface area (Å²) >= 11 is 0. The predicted octanol–water partition coefficient (Wildman–Crippen LogP) is 5.51. The minimum atomic E-state index is -0.248. The molecule has 21 heavy (non-hydrogen) atoms. The van der Waals surface area contributed by atoms with Crippen molar-refractivity contribution in [2.75, 3.05) is 0 Å². The van der Waals surface area contributed by atoms with Crippen LogP contribution in [0.2, 0.25) is 0 Å². The quantitative estimate of drug-likeness (QED) is 0.676. The highest BCUT2D eigenvalue weighted by atomic mass is 16.3. The summed E-state index contributed by atoms with van der Waals surface area (Å²) in [5.74, 6) is 0. The van der Waals surface area contributed by atoms with Crippen LogP contribution in [0.4, 0.5) is 0 Å². The molecule has 1 aliphatic carbocycles. The molecule has 116 valence electrons. The van der Waals surface area contributed by atoms with Gasteiger partial charge in [-0.1, -0.05) is 67.0 Å². The van der Waals surface area contributed by atoms with Gasteiger partial charge in [0.1, 0.15) is 0 Å². The van der Waals surface area contributed by atoms with Gasteiger partial charge in [-0.3, -0.25) is 0 Å². The molecule has 0 radical (unpaired) electrons. The smallest absolute Gasteiger partial charge is 0.0634 e. The highest BCUT2D eigenvalue weighted by molar-refractivity contribution is 5.38. The maximum atomic E-state index is 10.2. The molecular weight excluding hydrogens is 256 g/mol. The molecule has 0 heterocycles. The third kappa shape index (κ3) is 4.86. The predicted molar refractivity (Wildman–Crippen MR) is 93.2 cm³/mol. The summed E-state index contributed by atoms with van der Waals surface area (Å²) in [6, 6.07) is 0. The van der Waals surface area contributed by atoms with Gasteiger partial charge >= 0.3 is 0 Å². The first-order valence-corrected chi connectivity index (χ1v) is 7.83. The van der Waals surface area contributed by atoms with Crippen LogP contribution in [-0.4, -0.2) is 11.2 Å². The summed E-state index contributed by atoms with van der Waals surface area (Å²) in [4.78, 5) is 0. The lowest BCUT2D eigenvalue weighted by molar-refractivity contribution is 0.0607. The van der Waals surface area contributed by atoms with E-state index in [9.17, 15) is 5.11 Å². The fraction of sp³-hybridized carbons (Fsp3) is 0.500. The first-order chi connectivity index (χ1) is 9.78. The van der Waals surface area contributed by atoms with E-state index in [4.69, 9.17) is 0 Å². The van der Waals surface area contributed by atoms with Gasteiger partial charge in [0.2, 0.25) is 0 Å². The van der Waals surface area contributed by atoms with Crippen molar-refractivity contribution in [1.82, 2.24) is 0 Å². The summed E-state index contributed by atoms with van der Waals surface area (Å²) in [5, 5.41) is 10.2. The lowest BCUT2D eigenvalue weighted by Gasteiger charge is -2.37. The fourth-order valence-corrected chi connectivity index (χ4v) is 2.65. The van der Waals surface area contributed by atoms with Crippen LogP contribution in [-0.2, 0) is 0 Å². The number of aliphatic hydroxyl groups is 1. The van der Waals surface area contributed by atoms with E-state index in [1.807, 2.05) is 6.92 Å². The molecule has 0 amide bonds. The summed E-state index contributed by atoms with van der Waals surface area (Å²) in [6.45, 7) is 12.7. The summed E-state index contributed by atoms with van der Waals surface area (Å²) in [5.41, 5.74) is 5.00. The number of aliphatic hydroxyl groups excluding tert-OH is 1. The minimum absolute atomic E-state index is 0.156. The van der Waals surface area contributed by atoms with Gasteiger partial charge in [-0.05, 0) is 46.1 Å². The lowest BCUT2D eigenvalue weighted by Crippen LogP contribution is -2.34. The first kappa shape index (κ1) is 17.7. The van der Waals surface area contributed by atoms with Gasteiger partial charge in [-0.15, -0.1) is 0 Å². The molecule has 1 N–H and O–H groups in total. The van der Waals surface area contributed by atoms with E-state index >= 15 is 0 Å². The molecule has 1 atom stereocenters. The van der Waals surface area contributed by atoms with E-state index in [1.165, 1.54) is 22.3 Å². The Morgan fingerprint density at radius 3 is 2.48 bits per heavy atom. The molecule has 0 aromatic rings. The van der Waals surface area contributed by atoms with Crippen LogP contribution in [0.15, 0.2) is 58.7 Å². The van der Waals surface area contributed by atoms with E-state index in [0.29, 0.717) is 0 Å². The Kier molecular flexibility index (Phi) is 6.42. The topological polar surface area (TPSA) is 20.2 Å². The van der Waals surface area contributed by atoms with Crippen molar-refractivity contribution in [1.29, 1.82) is 0 Å². The third-order valence-corrected chi connectivity index (χ3v) is 4.47. The Labute approximate surface area is 130 Å². The van der Waals surface area contributed by atoms with Gasteiger partial charge in [0, 0.05) is 5.41 Å². The molecule has 0 saturated carbocycles. The van der Waals surface area contributed by atoms with E-state index in [1.54, 1.807) is 0 Å². The van der Waals surface area contributed by atoms with Crippen molar-refractivity contribution in [3.63, 3.8) is 0 Å². The average Bonchev–Trinajstić information content (AvgIpc) is 2.42. The zero-order chi connectivity index (χ0) is 16.0. The van der Waals surface area contributed by atoms with Gasteiger partial charge in [0.05, 0.1) is 6.10 Å². The van der Waals surface area contributed by atoms with Gasteiger partial charge in [-0.25, -0.2) is 0 Å². The van der Waals surface area contributed by atoms with Crippen molar-refractivity contribution in [3.8, 4) is 0 Å². The molecule has 0 saturated heterocycles. The largest absolute Gasteiger partial charge is 0.392 e. The number of hydrogen-bond acceptors (Lipinski definition) is 1. The molecule has 1 rings (SSSR count). The van der Waals surface area contributed by atoms with Gasteiger partial charge < -0.3 is 5.11 Å². The van der Waals surface area contributed by atoms with Crippen LogP contribution >= 0.6 is 0 Å². The zero-order valence-electron chi connectivity index (χ0n) is 14.4. The SMILES string of the molecule is CC=C(C)C=CC=C(C)C=CC1=C(C)CCC(O)C1(C)C. The minimum Gasteiger partial charge on any atom is -0.392 e. The third-order valence-electron chi connectivity index (χ3n) is 4.47. The van der Waals surface area contributed by atoms with Crippen LogP contribution in [0.5, 0.6) is 0 Å². The average molecular weight is 286 g/mol.